The monoisotopic (exact) mass is 446 g/mol. The van der Waals surface area contributed by atoms with Gasteiger partial charge in [-0.15, -0.1) is 0 Å². The van der Waals surface area contributed by atoms with E-state index >= 15 is 0 Å². The van der Waals surface area contributed by atoms with E-state index in [1.54, 1.807) is 0 Å². The van der Waals surface area contributed by atoms with Crippen molar-refractivity contribution in [2.75, 3.05) is 11.1 Å². The number of carbonyl (C=O) groups excluding carboxylic acids is 1. The van der Waals surface area contributed by atoms with Gasteiger partial charge in [-0.3, -0.25) is 4.79 Å². The summed E-state index contributed by atoms with van der Waals surface area (Å²) in [6.45, 7) is 0. The Balaban J connectivity index is 1.54. The topological polar surface area (TPSA) is 129 Å². The molecule has 1 aromatic carbocycles. The van der Waals surface area contributed by atoms with Crippen molar-refractivity contribution in [1.29, 1.82) is 0 Å². The molecule has 4 rings (SSSR count). The molecule has 1 saturated carbocycles. The van der Waals surface area contributed by atoms with Crippen LogP contribution in [-0.4, -0.2) is 33.0 Å². The lowest BCUT2D eigenvalue weighted by molar-refractivity contribution is 0.102. The molecule has 11 heteroatoms. The molecule has 2 aromatic heterocycles. The molecule has 1 aliphatic rings. The average molecular weight is 446 g/mol. The molecule has 0 bridgehead atoms. The highest BCUT2D eigenvalue weighted by atomic mass is 32.1. The number of nitrogens with zero attached hydrogens (tertiary/aromatic N) is 3. The second-order valence-electron chi connectivity index (χ2n) is 7.18. The molecule has 1 aliphatic carbocycles. The van der Waals surface area contributed by atoms with Crippen LogP contribution in [0.5, 0.6) is 5.88 Å². The highest BCUT2D eigenvalue weighted by Crippen LogP contribution is 2.34. The number of ether oxygens (including phenoxy) is 1. The zero-order valence-corrected chi connectivity index (χ0v) is 17.2. The zero-order chi connectivity index (χ0) is 22.0. The molecule has 0 atom stereocenters. The zero-order valence-electron chi connectivity index (χ0n) is 16.3. The predicted molar refractivity (Wildman–Crippen MR) is 113 cm³/mol. The van der Waals surface area contributed by atoms with Crippen molar-refractivity contribution >= 4 is 27.9 Å². The summed E-state index contributed by atoms with van der Waals surface area (Å²) in [6.07, 6.45) is 5.92. The highest BCUT2D eigenvalue weighted by molar-refractivity contribution is 7.19. The summed E-state index contributed by atoms with van der Waals surface area (Å²) >= 11 is 0.819. The normalized spacial score (nSPS) is 18.5. The van der Waals surface area contributed by atoms with Crippen molar-refractivity contribution in [2.24, 2.45) is 5.73 Å². The van der Waals surface area contributed by atoms with Crippen molar-refractivity contribution in [1.82, 2.24) is 15.0 Å². The molecule has 1 fully saturated rings. The van der Waals surface area contributed by atoms with Crippen molar-refractivity contribution in [3.05, 3.63) is 48.1 Å². The van der Waals surface area contributed by atoms with Gasteiger partial charge in [0, 0.05) is 6.04 Å². The van der Waals surface area contributed by atoms with Crippen LogP contribution in [0.25, 0.3) is 10.6 Å². The summed E-state index contributed by atoms with van der Waals surface area (Å²) in [4.78, 5) is 24.9. The van der Waals surface area contributed by atoms with Gasteiger partial charge in [-0.2, -0.15) is 4.98 Å². The van der Waals surface area contributed by atoms with Crippen LogP contribution in [0, 0.1) is 11.6 Å². The molecule has 0 unspecified atom stereocenters. The van der Waals surface area contributed by atoms with E-state index in [0.29, 0.717) is 0 Å². The molecule has 0 spiro atoms. The average Bonchev–Trinajstić information content (AvgIpc) is 3.12. The van der Waals surface area contributed by atoms with Gasteiger partial charge >= 0.3 is 0 Å². The van der Waals surface area contributed by atoms with E-state index in [1.807, 2.05) is 0 Å². The van der Waals surface area contributed by atoms with Crippen LogP contribution < -0.4 is 21.5 Å². The number of nitrogens with two attached hydrogens (primary N) is 2. The number of benzene rings is 1. The van der Waals surface area contributed by atoms with E-state index in [4.69, 9.17) is 16.2 Å². The van der Waals surface area contributed by atoms with Gasteiger partial charge in [-0.1, -0.05) is 17.4 Å². The van der Waals surface area contributed by atoms with Crippen LogP contribution in [0.3, 0.4) is 0 Å². The third kappa shape index (κ3) is 4.62. The van der Waals surface area contributed by atoms with Crippen LogP contribution in [0.4, 0.5) is 19.5 Å². The van der Waals surface area contributed by atoms with Gasteiger partial charge in [0.1, 0.15) is 39.8 Å². The van der Waals surface area contributed by atoms with Gasteiger partial charge in [0.15, 0.2) is 5.69 Å². The first-order valence-corrected chi connectivity index (χ1v) is 10.5. The standard InChI is InChI=1S/C20H20F2N6O2S/c21-12-2-1-3-13(22)15(12)20-28-16(17(24)31-20)18(29)27-14-8-25-9-26-19(14)30-11-6-4-10(23)5-7-11/h1-3,8-11H,4-7,23-24H2,(H,27,29). The van der Waals surface area contributed by atoms with Gasteiger partial charge < -0.3 is 21.5 Å². The van der Waals surface area contributed by atoms with Crippen LogP contribution in [0.2, 0.25) is 0 Å². The third-order valence-corrected chi connectivity index (χ3v) is 5.87. The summed E-state index contributed by atoms with van der Waals surface area (Å²) in [5, 5.41) is 2.62. The Labute approximate surface area is 180 Å². The molecule has 2 heterocycles. The Kier molecular flexibility index (Phi) is 6.05. The van der Waals surface area contributed by atoms with Gasteiger partial charge in [0.05, 0.1) is 11.8 Å². The Hall–Kier alpha value is -3.18. The second kappa shape index (κ2) is 8.90. The molecule has 162 valence electrons. The first-order chi connectivity index (χ1) is 14.9. The number of thiazole rings is 1. The molecular formula is C20H20F2N6O2S. The van der Waals surface area contributed by atoms with Crippen molar-refractivity contribution in [3.63, 3.8) is 0 Å². The second-order valence-corrected chi connectivity index (χ2v) is 8.21. The number of amides is 1. The number of aromatic nitrogens is 3. The van der Waals surface area contributed by atoms with Crippen molar-refractivity contribution in [2.45, 2.75) is 37.8 Å². The van der Waals surface area contributed by atoms with Crippen LogP contribution >= 0.6 is 11.3 Å². The largest absolute Gasteiger partial charge is 0.473 e. The minimum atomic E-state index is -0.792. The lowest BCUT2D eigenvalue weighted by Gasteiger charge is -2.26. The Morgan fingerprint density at radius 2 is 1.90 bits per heavy atom. The molecule has 8 nitrogen and oxygen atoms in total. The minimum absolute atomic E-state index is 0.0238. The fourth-order valence-corrected chi connectivity index (χ4v) is 4.22. The molecule has 5 N–H and O–H groups in total. The Morgan fingerprint density at radius 3 is 2.61 bits per heavy atom. The summed E-state index contributed by atoms with van der Waals surface area (Å²) in [5.41, 5.74) is 11.6. The van der Waals surface area contributed by atoms with Crippen LogP contribution in [0.1, 0.15) is 36.2 Å². The number of hydrogen-bond acceptors (Lipinski definition) is 8. The van der Waals surface area contributed by atoms with Crippen LogP contribution in [0.15, 0.2) is 30.7 Å². The van der Waals surface area contributed by atoms with E-state index in [-0.39, 0.29) is 45.0 Å². The van der Waals surface area contributed by atoms with E-state index in [9.17, 15) is 13.6 Å². The summed E-state index contributed by atoms with van der Waals surface area (Å²) in [7, 11) is 0. The van der Waals surface area contributed by atoms with Gasteiger partial charge in [-0.05, 0) is 37.8 Å². The maximum atomic E-state index is 14.1. The first kappa shape index (κ1) is 21.1. The number of halogens is 2. The maximum Gasteiger partial charge on any atom is 0.277 e. The third-order valence-electron chi connectivity index (χ3n) is 4.97. The van der Waals surface area contributed by atoms with Gasteiger partial charge in [0.2, 0.25) is 5.88 Å². The number of nitrogens with one attached hydrogen (secondary N) is 1. The Bertz CT molecular complexity index is 1080. The lowest BCUT2D eigenvalue weighted by Crippen LogP contribution is -2.32. The number of nitrogen functional groups attached to an aromatic ring is 1. The summed E-state index contributed by atoms with van der Waals surface area (Å²) in [6, 6.07) is 3.64. The molecule has 3 aromatic rings. The molecular weight excluding hydrogens is 426 g/mol. The number of rotatable bonds is 5. The first-order valence-electron chi connectivity index (χ1n) is 9.66. The molecule has 1 amide bonds. The number of hydrogen-bond donors (Lipinski definition) is 3. The van der Waals surface area contributed by atoms with E-state index in [2.05, 4.69) is 20.3 Å². The quantitative estimate of drug-likeness (QED) is 0.548. The van der Waals surface area contributed by atoms with Crippen LogP contribution in [-0.2, 0) is 0 Å². The summed E-state index contributed by atoms with van der Waals surface area (Å²) in [5.74, 6) is -2.03. The van der Waals surface area contributed by atoms with E-state index < -0.39 is 17.5 Å². The van der Waals surface area contributed by atoms with E-state index in [1.165, 1.54) is 18.6 Å². The highest BCUT2D eigenvalue weighted by Gasteiger charge is 2.24. The summed E-state index contributed by atoms with van der Waals surface area (Å²) < 4.78 is 34.1. The van der Waals surface area contributed by atoms with E-state index in [0.717, 1.165) is 49.2 Å². The fraction of sp³-hybridized carbons (Fsp3) is 0.300. The number of carbonyl (C=O) groups is 1. The molecule has 0 radical (unpaired) electrons. The number of anilines is 2. The van der Waals surface area contributed by atoms with Crippen molar-refractivity contribution in [3.8, 4) is 16.5 Å². The minimum Gasteiger partial charge on any atom is -0.473 e. The lowest BCUT2D eigenvalue weighted by atomic mass is 9.94. The molecule has 31 heavy (non-hydrogen) atoms. The van der Waals surface area contributed by atoms with Gasteiger partial charge in [0.25, 0.3) is 5.91 Å². The maximum absolute atomic E-state index is 14.1. The smallest absolute Gasteiger partial charge is 0.277 e. The van der Waals surface area contributed by atoms with Gasteiger partial charge in [-0.25, -0.2) is 18.7 Å². The SMILES string of the molecule is Nc1sc(-c2c(F)cccc2F)nc1C(=O)Nc1cncnc1OC1CCC(N)CC1. The molecule has 0 saturated heterocycles. The Morgan fingerprint density at radius 1 is 1.19 bits per heavy atom. The fourth-order valence-electron chi connectivity index (χ4n) is 3.35. The predicted octanol–water partition coefficient (Wildman–Crippen LogP) is 3.36. The molecule has 0 aliphatic heterocycles. The van der Waals surface area contributed by atoms with Crippen molar-refractivity contribution < 1.29 is 18.3 Å².